The molecule has 0 bridgehead atoms. The van der Waals surface area contributed by atoms with E-state index in [0.29, 0.717) is 11.6 Å². The number of amides is 2. The number of anilines is 1. The molecule has 0 spiro atoms. The molecule has 0 aromatic heterocycles. The van der Waals surface area contributed by atoms with Crippen LogP contribution in [0.2, 0.25) is 0 Å². The number of carbonyl (C=O) groups excluding carboxylic acids is 2. The van der Waals surface area contributed by atoms with Crippen LogP contribution in [0.4, 0.5) is 18.9 Å². The lowest BCUT2D eigenvalue weighted by Crippen LogP contribution is -2.33. The van der Waals surface area contributed by atoms with Crippen LogP contribution >= 0.6 is 11.8 Å². The van der Waals surface area contributed by atoms with Crippen molar-refractivity contribution in [3.8, 4) is 0 Å². The zero-order chi connectivity index (χ0) is 19.3. The standard InChI is InChI=1S/C18H17F3N2O2S/c1-10(2)26-14-6-4-3-5-11(14)18(25)22-9-15(24)23-13-8-7-12(19)16(20)17(13)21/h3-8,10H,9H2,1-2H3,(H,22,25)(H,23,24). The molecule has 2 rings (SSSR count). The Morgan fingerprint density at radius 1 is 1.04 bits per heavy atom. The van der Waals surface area contributed by atoms with Crippen LogP contribution in [0.1, 0.15) is 24.2 Å². The summed E-state index contributed by atoms with van der Waals surface area (Å²) >= 11 is 1.51. The highest BCUT2D eigenvalue weighted by Crippen LogP contribution is 2.26. The third-order valence-electron chi connectivity index (χ3n) is 3.21. The van der Waals surface area contributed by atoms with Gasteiger partial charge in [-0.3, -0.25) is 9.59 Å². The largest absolute Gasteiger partial charge is 0.343 e. The predicted octanol–water partition coefficient (Wildman–Crippen LogP) is 3.97. The van der Waals surface area contributed by atoms with E-state index in [-0.39, 0.29) is 5.25 Å². The van der Waals surface area contributed by atoms with Gasteiger partial charge in [0.2, 0.25) is 5.91 Å². The number of thioether (sulfide) groups is 1. The van der Waals surface area contributed by atoms with Gasteiger partial charge < -0.3 is 10.6 Å². The molecule has 0 unspecified atom stereocenters. The van der Waals surface area contributed by atoms with Gasteiger partial charge in [0.05, 0.1) is 17.8 Å². The van der Waals surface area contributed by atoms with Gasteiger partial charge in [-0.15, -0.1) is 11.8 Å². The first-order chi connectivity index (χ1) is 12.3. The van der Waals surface area contributed by atoms with Crippen LogP contribution in [0, 0.1) is 17.5 Å². The van der Waals surface area contributed by atoms with Gasteiger partial charge >= 0.3 is 0 Å². The Balaban J connectivity index is 2.00. The lowest BCUT2D eigenvalue weighted by atomic mass is 10.2. The molecule has 0 saturated carbocycles. The Bertz CT molecular complexity index is 828. The van der Waals surface area contributed by atoms with Crippen LogP contribution in [-0.4, -0.2) is 23.6 Å². The first-order valence-corrected chi connectivity index (χ1v) is 8.64. The Morgan fingerprint density at radius 2 is 1.73 bits per heavy atom. The number of halogens is 3. The molecule has 0 aliphatic carbocycles. The van der Waals surface area contributed by atoms with Gasteiger partial charge in [-0.2, -0.15) is 0 Å². The quantitative estimate of drug-likeness (QED) is 0.587. The van der Waals surface area contributed by atoms with E-state index in [1.54, 1.807) is 24.3 Å². The number of carbonyl (C=O) groups is 2. The van der Waals surface area contributed by atoms with Gasteiger partial charge in [-0.05, 0) is 24.3 Å². The average molecular weight is 382 g/mol. The average Bonchev–Trinajstić information content (AvgIpc) is 2.60. The van der Waals surface area contributed by atoms with Crippen molar-refractivity contribution in [3.63, 3.8) is 0 Å². The molecule has 0 atom stereocenters. The fourth-order valence-corrected chi connectivity index (χ4v) is 3.04. The summed E-state index contributed by atoms with van der Waals surface area (Å²) in [5, 5.41) is 4.78. The van der Waals surface area contributed by atoms with Crippen molar-refractivity contribution >= 4 is 29.3 Å². The van der Waals surface area contributed by atoms with Crippen molar-refractivity contribution in [1.29, 1.82) is 0 Å². The third-order valence-corrected chi connectivity index (χ3v) is 4.29. The number of hydrogen-bond donors (Lipinski definition) is 2. The summed E-state index contributed by atoms with van der Waals surface area (Å²) in [4.78, 5) is 24.9. The molecule has 2 amide bonds. The van der Waals surface area contributed by atoms with Crippen molar-refractivity contribution in [3.05, 3.63) is 59.4 Å². The van der Waals surface area contributed by atoms with E-state index in [2.05, 4.69) is 10.6 Å². The first kappa shape index (κ1) is 19.8. The second-order valence-corrected chi connectivity index (χ2v) is 7.23. The summed E-state index contributed by atoms with van der Waals surface area (Å²) in [7, 11) is 0. The van der Waals surface area contributed by atoms with Gasteiger partial charge in [-0.25, -0.2) is 13.2 Å². The number of benzene rings is 2. The Morgan fingerprint density at radius 3 is 2.42 bits per heavy atom. The van der Waals surface area contributed by atoms with E-state index >= 15 is 0 Å². The van der Waals surface area contributed by atoms with E-state index in [4.69, 9.17) is 0 Å². The van der Waals surface area contributed by atoms with Crippen LogP contribution in [0.25, 0.3) is 0 Å². The fourth-order valence-electron chi connectivity index (χ4n) is 2.08. The Hall–Kier alpha value is -2.48. The zero-order valence-corrected chi connectivity index (χ0v) is 14.9. The van der Waals surface area contributed by atoms with E-state index < -0.39 is 41.5 Å². The lowest BCUT2D eigenvalue weighted by molar-refractivity contribution is -0.115. The molecule has 8 heteroatoms. The van der Waals surface area contributed by atoms with Crippen LogP contribution in [0.5, 0.6) is 0 Å². The minimum absolute atomic E-state index is 0.267. The Labute approximate surface area is 153 Å². The molecule has 0 saturated heterocycles. The van der Waals surface area contributed by atoms with Crippen molar-refractivity contribution in [2.24, 2.45) is 0 Å². The molecule has 0 radical (unpaired) electrons. The third kappa shape index (κ3) is 5.01. The predicted molar refractivity (Wildman–Crippen MR) is 94.7 cm³/mol. The maximum Gasteiger partial charge on any atom is 0.252 e. The summed E-state index contributed by atoms with van der Waals surface area (Å²) < 4.78 is 39.6. The normalized spacial score (nSPS) is 10.7. The molecule has 0 aliphatic rings. The molecule has 0 fully saturated rings. The molecule has 0 aliphatic heterocycles. The van der Waals surface area contributed by atoms with Crippen LogP contribution in [-0.2, 0) is 4.79 Å². The second-order valence-electron chi connectivity index (χ2n) is 5.62. The minimum Gasteiger partial charge on any atom is -0.343 e. The van der Waals surface area contributed by atoms with Gasteiger partial charge in [0.1, 0.15) is 0 Å². The second kappa shape index (κ2) is 8.75. The Kier molecular flexibility index (Phi) is 6.68. The minimum atomic E-state index is -1.67. The summed E-state index contributed by atoms with van der Waals surface area (Å²) in [6.45, 7) is 3.53. The van der Waals surface area contributed by atoms with E-state index in [9.17, 15) is 22.8 Å². The van der Waals surface area contributed by atoms with Gasteiger partial charge in [-0.1, -0.05) is 26.0 Å². The molecule has 2 aromatic rings. The van der Waals surface area contributed by atoms with Crippen molar-refractivity contribution in [1.82, 2.24) is 5.32 Å². The molecule has 2 N–H and O–H groups in total. The van der Waals surface area contributed by atoms with Crippen LogP contribution < -0.4 is 10.6 Å². The maximum absolute atomic E-state index is 13.5. The van der Waals surface area contributed by atoms with Crippen molar-refractivity contribution in [2.75, 3.05) is 11.9 Å². The van der Waals surface area contributed by atoms with E-state index in [1.807, 2.05) is 13.8 Å². The molecule has 2 aromatic carbocycles. The van der Waals surface area contributed by atoms with Crippen LogP contribution in [0.3, 0.4) is 0 Å². The highest BCUT2D eigenvalue weighted by atomic mass is 32.2. The summed E-state index contributed by atoms with van der Waals surface area (Å²) in [5.74, 6) is -5.75. The maximum atomic E-state index is 13.5. The van der Waals surface area contributed by atoms with Crippen molar-refractivity contribution in [2.45, 2.75) is 24.0 Å². The van der Waals surface area contributed by atoms with Crippen molar-refractivity contribution < 1.29 is 22.8 Å². The molecule has 4 nitrogen and oxygen atoms in total. The molecule has 138 valence electrons. The highest BCUT2D eigenvalue weighted by molar-refractivity contribution is 8.00. The van der Waals surface area contributed by atoms with Gasteiger partial charge in [0, 0.05) is 10.1 Å². The monoisotopic (exact) mass is 382 g/mol. The zero-order valence-electron chi connectivity index (χ0n) is 14.1. The number of nitrogens with one attached hydrogen (secondary N) is 2. The van der Waals surface area contributed by atoms with Gasteiger partial charge in [0.25, 0.3) is 5.91 Å². The topological polar surface area (TPSA) is 58.2 Å². The van der Waals surface area contributed by atoms with E-state index in [0.717, 1.165) is 11.0 Å². The van der Waals surface area contributed by atoms with Gasteiger partial charge in [0.15, 0.2) is 17.5 Å². The first-order valence-electron chi connectivity index (χ1n) is 7.76. The summed E-state index contributed by atoms with van der Waals surface area (Å²) in [6, 6.07) is 8.55. The molecule has 26 heavy (non-hydrogen) atoms. The SMILES string of the molecule is CC(C)Sc1ccccc1C(=O)NCC(=O)Nc1ccc(F)c(F)c1F. The van der Waals surface area contributed by atoms with Crippen LogP contribution in [0.15, 0.2) is 41.3 Å². The highest BCUT2D eigenvalue weighted by Gasteiger charge is 2.17. The molecular formula is C18H17F3N2O2S. The fraction of sp³-hybridized carbons (Fsp3) is 0.222. The number of rotatable bonds is 6. The summed E-state index contributed by atoms with van der Waals surface area (Å²) in [5.41, 5.74) is -0.0862. The van der Waals surface area contributed by atoms with E-state index in [1.165, 1.54) is 11.8 Å². The lowest BCUT2D eigenvalue weighted by Gasteiger charge is -2.12. The molecule has 0 heterocycles. The smallest absolute Gasteiger partial charge is 0.252 e. The summed E-state index contributed by atoms with van der Waals surface area (Å²) in [6.07, 6.45) is 0. The number of hydrogen-bond acceptors (Lipinski definition) is 3. The molecular weight excluding hydrogens is 365 g/mol.